The lowest BCUT2D eigenvalue weighted by Crippen LogP contribution is -2.30. The zero-order valence-corrected chi connectivity index (χ0v) is 12.3. The summed E-state index contributed by atoms with van der Waals surface area (Å²) in [5.41, 5.74) is -0.490. The van der Waals surface area contributed by atoms with Crippen LogP contribution in [0.25, 0.3) is 0 Å². The highest BCUT2D eigenvalue weighted by Crippen LogP contribution is 2.28. The van der Waals surface area contributed by atoms with E-state index in [1.54, 1.807) is 25.1 Å². The topological polar surface area (TPSA) is 74.3 Å². The molecular weight excluding hydrogens is 295 g/mol. The number of hydrogen-bond donors (Lipinski definition) is 0. The molecule has 0 aliphatic carbocycles. The van der Waals surface area contributed by atoms with E-state index in [1.165, 1.54) is 25.4 Å². The number of rotatable bonds is 4. The van der Waals surface area contributed by atoms with Gasteiger partial charge in [-0.2, -0.15) is 9.57 Å². The van der Waals surface area contributed by atoms with E-state index >= 15 is 0 Å². The number of benzene rings is 1. The maximum absolute atomic E-state index is 13.6. The molecule has 0 spiro atoms. The van der Waals surface area contributed by atoms with Gasteiger partial charge >= 0.3 is 0 Å². The molecule has 110 valence electrons. The molecule has 2 rings (SSSR count). The highest BCUT2D eigenvalue weighted by molar-refractivity contribution is 7.89. The second kappa shape index (κ2) is 5.68. The summed E-state index contributed by atoms with van der Waals surface area (Å²) >= 11 is 0. The molecule has 0 aliphatic heterocycles. The van der Waals surface area contributed by atoms with Crippen LogP contribution in [0.2, 0.25) is 0 Å². The van der Waals surface area contributed by atoms with Gasteiger partial charge < -0.3 is 4.42 Å². The van der Waals surface area contributed by atoms with E-state index in [-0.39, 0.29) is 4.90 Å². The van der Waals surface area contributed by atoms with E-state index in [0.29, 0.717) is 5.76 Å². The molecule has 1 atom stereocenters. The van der Waals surface area contributed by atoms with E-state index in [4.69, 9.17) is 9.68 Å². The Hall–Kier alpha value is -2.17. The van der Waals surface area contributed by atoms with Crippen molar-refractivity contribution in [3.63, 3.8) is 0 Å². The summed E-state index contributed by atoms with van der Waals surface area (Å²) in [5, 5.41) is 8.98. The molecule has 0 N–H and O–H groups in total. The van der Waals surface area contributed by atoms with Crippen LogP contribution in [0.5, 0.6) is 0 Å². The van der Waals surface area contributed by atoms with Crippen LogP contribution in [0.1, 0.15) is 24.3 Å². The van der Waals surface area contributed by atoms with Crippen LogP contribution in [0.15, 0.2) is 45.9 Å². The van der Waals surface area contributed by atoms with Crippen molar-refractivity contribution in [3.05, 3.63) is 53.7 Å². The van der Waals surface area contributed by atoms with Crippen molar-refractivity contribution in [2.45, 2.75) is 17.9 Å². The quantitative estimate of drug-likeness (QED) is 0.870. The highest BCUT2D eigenvalue weighted by atomic mass is 32.2. The zero-order valence-electron chi connectivity index (χ0n) is 11.4. The van der Waals surface area contributed by atoms with E-state index < -0.39 is 27.4 Å². The van der Waals surface area contributed by atoms with Crippen LogP contribution in [0.3, 0.4) is 0 Å². The Kier molecular flexibility index (Phi) is 4.11. The van der Waals surface area contributed by atoms with Gasteiger partial charge in [-0.3, -0.25) is 0 Å². The second-order valence-electron chi connectivity index (χ2n) is 4.44. The normalized spacial score (nSPS) is 13.1. The predicted octanol–water partition coefficient (Wildman–Crippen LogP) is 2.67. The predicted molar refractivity (Wildman–Crippen MR) is 73.2 cm³/mol. The summed E-state index contributed by atoms with van der Waals surface area (Å²) in [6.45, 7) is 1.64. The van der Waals surface area contributed by atoms with Gasteiger partial charge in [0.2, 0.25) is 10.0 Å². The molecule has 0 fully saturated rings. The van der Waals surface area contributed by atoms with Gasteiger partial charge in [0.05, 0.1) is 12.3 Å². The average Bonchev–Trinajstić information content (AvgIpc) is 2.99. The Bertz CT molecular complexity index is 779. The van der Waals surface area contributed by atoms with Crippen LogP contribution >= 0.6 is 0 Å². The molecular formula is C14H13FN2O3S. The van der Waals surface area contributed by atoms with Gasteiger partial charge in [0.1, 0.15) is 28.1 Å². The molecule has 0 aliphatic rings. The first-order valence-corrected chi connectivity index (χ1v) is 7.53. The smallest absolute Gasteiger partial charge is 0.244 e. The van der Waals surface area contributed by atoms with E-state index in [1.807, 2.05) is 0 Å². The third-order valence-electron chi connectivity index (χ3n) is 3.24. The molecule has 5 nitrogen and oxygen atoms in total. The Balaban J connectivity index is 2.48. The minimum atomic E-state index is -4.02. The molecule has 0 saturated heterocycles. The van der Waals surface area contributed by atoms with Crippen LogP contribution in [-0.4, -0.2) is 19.8 Å². The molecule has 1 unspecified atom stereocenters. The summed E-state index contributed by atoms with van der Waals surface area (Å²) in [6.07, 6.45) is 1.44. The van der Waals surface area contributed by atoms with Crippen molar-refractivity contribution in [1.29, 1.82) is 5.26 Å². The fourth-order valence-electron chi connectivity index (χ4n) is 1.90. The van der Waals surface area contributed by atoms with Gasteiger partial charge in [-0.05, 0) is 31.2 Å². The molecule has 0 saturated carbocycles. The van der Waals surface area contributed by atoms with Gasteiger partial charge in [0.15, 0.2) is 0 Å². The minimum absolute atomic E-state index is 0.356. The number of halogens is 1. The van der Waals surface area contributed by atoms with E-state index in [2.05, 4.69) is 0 Å². The Morgan fingerprint density at radius 3 is 2.62 bits per heavy atom. The lowest BCUT2D eigenvalue weighted by Gasteiger charge is -2.23. The van der Waals surface area contributed by atoms with Crippen molar-refractivity contribution in [2.24, 2.45) is 0 Å². The van der Waals surface area contributed by atoms with Gasteiger partial charge in [-0.25, -0.2) is 12.8 Å². The van der Waals surface area contributed by atoms with Gasteiger partial charge in [-0.15, -0.1) is 0 Å². The lowest BCUT2D eigenvalue weighted by atomic mass is 10.2. The van der Waals surface area contributed by atoms with Gasteiger partial charge in [0, 0.05) is 7.05 Å². The number of hydrogen-bond acceptors (Lipinski definition) is 4. The molecule has 0 bridgehead atoms. The summed E-state index contributed by atoms with van der Waals surface area (Å²) in [6, 6.07) is 7.82. The van der Waals surface area contributed by atoms with Crippen molar-refractivity contribution in [2.75, 3.05) is 7.05 Å². The SMILES string of the molecule is CC(c1ccco1)N(C)S(=O)(=O)c1cccc(F)c1C#N. The van der Waals surface area contributed by atoms with Crippen molar-refractivity contribution >= 4 is 10.0 Å². The molecule has 0 radical (unpaired) electrons. The third kappa shape index (κ3) is 2.68. The number of sulfonamides is 1. The largest absolute Gasteiger partial charge is 0.468 e. The first-order valence-electron chi connectivity index (χ1n) is 6.09. The monoisotopic (exact) mass is 308 g/mol. The summed E-state index contributed by atoms with van der Waals surface area (Å²) < 4.78 is 45.0. The zero-order chi connectivity index (χ0) is 15.6. The summed E-state index contributed by atoms with van der Waals surface area (Å²) in [4.78, 5) is -0.356. The van der Waals surface area contributed by atoms with E-state index in [9.17, 15) is 12.8 Å². The van der Waals surface area contributed by atoms with Gasteiger partial charge in [-0.1, -0.05) is 6.07 Å². The molecule has 21 heavy (non-hydrogen) atoms. The van der Waals surface area contributed by atoms with Crippen LogP contribution in [-0.2, 0) is 10.0 Å². The maximum atomic E-state index is 13.6. The Labute approximate surface area is 122 Å². The van der Waals surface area contributed by atoms with Crippen LogP contribution in [0, 0.1) is 17.1 Å². The molecule has 1 aromatic carbocycles. The van der Waals surface area contributed by atoms with Gasteiger partial charge in [0.25, 0.3) is 0 Å². The van der Waals surface area contributed by atoms with E-state index in [0.717, 1.165) is 10.4 Å². The van der Waals surface area contributed by atoms with Crippen molar-refractivity contribution in [1.82, 2.24) is 4.31 Å². The standard InChI is InChI=1S/C14H13FN2O3S/c1-10(13-6-4-8-20-13)17(2)21(18,19)14-7-3-5-12(15)11(14)9-16/h3-8,10H,1-2H3. The Morgan fingerprint density at radius 2 is 2.05 bits per heavy atom. The molecule has 0 amide bonds. The fourth-order valence-corrected chi connectivity index (χ4v) is 3.38. The summed E-state index contributed by atoms with van der Waals surface area (Å²) in [5.74, 6) is -0.409. The number of furan rings is 1. The number of nitriles is 1. The molecule has 7 heteroatoms. The fraction of sp³-hybridized carbons (Fsp3) is 0.214. The van der Waals surface area contributed by atoms with Crippen LogP contribution in [0.4, 0.5) is 4.39 Å². The molecule has 1 heterocycles. The maximum Gasteiger partial charge on any atom is 0.244 e. The molecule has 1 aromatic heterocycles. The Morgan fingerprint density at radius 1 is 1.33 bits per heavy atom. The van der Waals surface area contributed by atoms with Crippen molar-refractivity contribution in [3.8, 4) is 6.07 Å². The third-order valence-corrected chi connectivity index (χ3v) is 5.22. The first kappa shape index (κ1) is 15.2. The second-order valence-corrected chi connectivity index (χ2v) is 6.40. The lowest BCUT2D eigenvalue weighted by molar-refractivity contribution is 0.339. The number of nitrogens with zero attached hydrogens (tertiary/aromatic N) is 2. The average molecular weight is 308 g/mol. The van der Waals surface area contributed by atoms with Crippen LogP contribution < -0.4 is 0 Å². The molecule has 2 aromatic rings. The highest BCUT2D eigenvalue weighted by Gasteiger charge is 2.30. The van der Waals surface area contributed by atoms with Crippen molar-refractivity contribution < 1.29 is 17.2 Å². The summed E-state index contributed by atoms with van der Waals surface area (Å²) in [7, 11) is -2.66. The minimum Gasteiger partial charge on any atom is -0.468 e. The first-order chi connectivity index (χ1) is 9.89.